The lowest BCUT2D eigenvalue weighted by molar-refractivity contribution is -0.126. The number of para-hydroxylation sites is 1. The van der Waals surface area contributed by atoms with Crippen molar-refractivity contribution in [1.82, 2.24) is 5.32 Å². The molecule has 4 nitrogen and oxygen atoms in total. The summed E-state index contributed by atoms with van der Waals surface area (Å²) in [5.41, 5.74) is 2.40. The van der Waals surface area contributed by atoms with E-state index in [0.717, 1.165) is 11.1 Å². The average Bonchev–Trinajstić information content (AvgIpc) is 2.54. The lowest BCUT2D eigenvalue weighted by atomic mass is 9.89. The molecule has 1 heterocycles. The maximum Gasteiger partial charge on any atom is 0.228 e. The first-order valence-corrected chi connectivity index (χ1v) is 7.87. The van der Waals surface area contributed by atoms with E-state index in [-0.39, 0.29) is 24.3 Å². The van der Waals surface area contributed by atoms with E-state index in [1.807, 2.05) is 49.4 Å². The number of anilines is 1. The van der Waals surface area contributed by atoms with Crippen molar-refractivity contribution in [2.75, 3.05) is 5.32 Å². The largest absolute Gasteiger partial charge is 0.349 e. The van der Waals surface area contributed by atoms with Crippen LogP contribution in [0.15, 0.2) is 48.5 Å². The zero-order valence-corrected chi connectivity index (χ0v) is 13.4. The van der Waals surface area contributed by atoms with E-state index in [1.165, 1.54) is 0 Å². The van der Waals surface area contributed by atoms with Crippen molar-refractivity contribution in [2.24, 2.45) is 0 Å². The van der Waals surface area contributed by atoms with Gasteiger partial charge in [0.2, 0.25) is 11.8 Å². The standard InChI is InChI=1S/C18H17ClN2O2/c1-11(12-6-2-4-8-15(12)19)20-18(23)14-10-17(22)21-16-9-5-3-7-13(14)16/h2-9,11,14H,10H2,1H3,(H,20,23)(H,21,22). The molecule has 2 atom stereocenters. The maximum absolute atomic E-state index is 12.7. The molecule has 2 N–H and O–H groups in total. The van der Waals surface area contributed by atoms with E-state index < -0.39 is 5.92 Å². The Morgan fingerprint density at radius 2 is 1.91 bits per heavy atom. The highest BCUT2D eigenvalue weighted by Crippen LogP contribution is 2.33. The van der Waals surface area contributed by atoms with Crippen molar-refractivity contribution in [1.29, 1.82) is 0 Å². The monoisotopic (exact) mass is 328 g/mol. The summed E-state index contributed by atoms with van der Waals surface area (Å²) in [6.07, 6.45) is 0.151. The molecule has 2 aromatic carbocycles. The summed E-state index contributed by atoms with van der Waals surface area (Å²) in [6.45, 7) is 1.88. The first-order valence-electron chi connectivity index (χ1n) is 7.50. The van der Waals surface area contributed by atoms with Crippen LogP contribution < -0.4 is 10.6 Å². The van der Waals surface area contributed by atoms with Crippen molar-refractivity contribution in [3.63, 3.8) is 0 Å². The van der Waals surface area contributed by atoms with Crippen molar-refractivity contribution < 1.29 is 9.59 Å². The molecule has 2 aromatic rings. The van der Waals surface area contributed by atoms with Gasteiger partial charge >= 0.3 is 0 Å². The SMILES string of the molecule is CC(NC(=O)C1CC(=O)Nc2ccccc21)c1ccccc1Cl. The lowest BCUT2D eigenvalue weighted by Gasteiger charge is -2.26. The highest BCUT2D eigenvalue weighted by molar-refractivity contribution is 6.31. The first-order chi connectivity index (χ1) is 11.1. The Kier molecular flexibility index (Phi) is 4.35. The summed E-state index contributed by atoms with van der Waals surface area (Å²) >= 11 is 6.18. The van der Waals surface area contributed by atoms with Gasteiger partial charge in [-0.2, -0.15) is 0 Å². The fraction of sp³-hybridized carbons (Fsp3) is 0.222. The highest BCUT2D eigenvalue weighted by atomic mass is 35.5. The number of benzene rings is 2. The Labute approximate surface area is 139 Å². The molecule has 118 valence electrons. The van der Waals surface area contributed by atoms with Gasteiger partial charge < -0.3 is 10.6 Å². The van der Waals surface area contributed by atoms with Gasteiger partial charge in [-0.15, -0.1) is 0 Å². The van der Waals surface area contributed by atoms with Crippen LogP contribution in [0.4, 0.5) is 5.69 Å². The van der Waals surface area contributed by atoms with E-state index in [2.05, 4.69) is 10.6 Å². The predicted octanol–water partition coefficient (Wildman–Crippen LogP) is 3.64. The number of carbonyl (C=O) groups excluding carboxylic acids is 2. The van der Waals surface area contributed by atoms with Crippen molar-refractivity contribution in [3.05, 3.63) is 64.7 Å². The summed E-state index contributed by atoms with van der Waals surface area (Å²) < 4.78 is 0. The second-order valence-electron chi connectivity index (χ2n) is 5.64. The minimum Gasteiger partial charge on any atom is -0.349 e. The molecule has 5 heteroatoms. The van der Waals surface area contributed by atoms with Gasteiger partial charge in [-0.25, -0.2) is 0 Å². The average molecular weight is 329 g/mol. The normalized spacial score (nSPS) is 17.8. The molecule has 1 aliphatic rings. The van der Waals surface area contributed by atoms with Gasteiger partial charge in [-0.3, -0.25) is 9.59 Å². The maximum atomic E-state index is 12.7. The van der Waals surface area contributed by atoms with E-state index in [0.29, 0.717) is 10.7 Å². The Hall–Kier alpha value is -2.33. The zero-order chi connectivity index (χ0) is 16.4. The molecule has 0 radical (unpaired) electrons. The van der Waals surface area contributed by atoms with Gasteiger partial charge in [0.15, 0.2) is 0 Å². The molecule has 2 amide bonds. The zero-order valence-electron chi connectivity index (χ0n) is 12.7. The molecule has 0 saturated carbocycles. The second kappa shape index (κ2) is 6.42. The third-order valence-corrected chi connectivity index (χ3v) is 4.39. The van der Waals surface area contributed by atoms with Crippen LogP contribution in [0.1, 0.15) is 36.4 Å². The third-order valence-electron chi connectivity index (χ3n) is 4.05. The Morgan fingerprint density at radius 1 is 1.22 bits per heavy atom. The summed E-state index contributed by atoms with van der Waals surface area (Å²) in [5, 5.41) is 6.38. The number of nitrogens with one attached hydrogen (secondary N) is 2. The number of rotatable bonds is 3. The molecule has 3 rings (SSSR count). The minimum absolute atomic E-state index is 0.144. The lowest BCUT2D eigenvalue weighted by Crippen LogP contribution is -2.36. The van der Waals surface area contributed by atoms with Gasteiger partial charge in [-0.1, -0.05) is 48.0 Å². The number of fused-ring (bicyclic) bond motifs is 1. The number of amides is 2. The molecular weight excluding hydrogens is 312 g/mol. The molecule has 0 aromatic heterocycles. The fourth-order valence-corrected chi connectivity index (χ4v) is 3.16. The predicted molar refractivity (Wildman–Crippen MR) is 90.4 cm³/mol. The minimum atomic E-state index is -0.482. The van der Waals surface area contributed by atoms with Gasteiger partial charge in [0.25, 0.3) is 0 Å². The van der Waals surface area contributed by atoms with Crippen LogP contribution in [-0.4, -0.2) is 11.8 Å². The second-order valence-corrected chi connectivity index (χ2v) is 6.05. The van der Waals surface area contributed by atoms with Crippen LogP contribution in [0.5, 0.6) is 0 Å². The van der Waals surface area contributed by atoms with Gasteiger partial charge in [0.05, 0.1) is 12.0 Å². The van der Waals surface area contributed by atoms with Crippen LogP contribution in [0.25, 0.3) is 0 Å². The fourth-order valence-electron chi connectivity index (χ4n) is 2.86. The number of carbonyl (C=O) groups is 2. The molecule has 0 aliphatic carbocycles. The molecule has 2 unspecified atom stereocenters. The van der Waals surface area contributed by atoms with Gasteiger partial charge in [0.1, 0.15) is 0 Å². The molecule has 0 fully saturated rings. The summed E-state index contributed by atoms with van der Waals surface area (Å²) in [6, 6.07) is 14.6. The van der Waals surface area contributed by atoms with E-state index in [4.69, 9.17) is 11.6 Å². The molecule has 0 bridgehead atoms. The van der Waals surface area contributed by atoms with Crippen LogP contribution in [-0.2, 0) is 9.59 Å². The van der Waals surface area contributed by atoms with Crippen LogP contribution in [0.3, 0.4) is 0 Å². The Balaban J connectivity index is 1.81. The quantitative estimate of drug-likeness (QED) is 0.903. The van der Waals surface area contributed by atoms with Crippen molar-refractivity contribution in [3.8, 4) is 0 Å². The van der Waals surface area contributed by atoms with Crippen LogP contribution in [0, 0.1) is 0 Å². The molecule has 0 spiro atoms. The van der Waals surface area contributed by atoms with Gasteiger partial charge in [-0.05, 0) is 30.2 Å². The summed E-state index contributed by atoms with van der Waals surface area (Å²) in [5.74, 6) is -0.793. The Bertz CT molecular complexity index is 760. The van der Waals surface area contributed by atoms with E-state index in [1.54, 1.807) is 6.07 Å². The summed E-state index contributed by atoms with van der Waals surface area (Å²) in [7, 11) is 0. The molecule has 1 aliphatic heterocycles. The van der Waals surface area contributed by atoms with Crippen molar-refractivity contribution in [2.45, 2.75) is 25.3 Å². The Morgan fingerprint density at radius 3 is 2.70 bits per heavy atom. The summed E-state index contributed by atoms with van der Waals surface area (Å²) in [4.78, 5) is 24.5. The smallest absolute Gasteiger partial charge is 0.228 e. The van der Waals surface area contributed by atoms with E-state index in [9.17, 15) is 9.59 Å². The molecular formula is C18H17ClN2O2. The highest BCUT2D eigenvalue weighted by Gasteiger charge is 2.31. The van der Waals surface area contributed by atoms with Crippen LogP contribution in [0.2, 0.25) is 5.02 Å². The molecule has 23 heavy (non-hydrogen) atoms. The van der Waals surface area contributed by atoms with Crippen molar-refractivity contribution >= 4 is 29.1 Å². The van der Waals surface area contributed by atoms with E-state index >= 15 is 0 Å². The number of hydrogen-bond acceptors (Lipinski definition) is 2. The first kappa shape index (κ1) is 15.6. The number of hydrogen-bond donors (Lipinski definition) is 2. The van der Waals surface area contributed by atoms with Crippen LogP contribution >= 0.6 is 11.6 Å². The molecule has 0 saturated heterocycles. The van der Waals surface area contributed by atoms with Gasteiger partial charge in [0, 0.05) is 17.1 Å². The third kappa shape index (κ3) is 3.22. The topological polar surface area (TPSA) is 58.2 Å². The number of halogens is 1.